The van der Waals surface area contributed by atoms with E-state index in [0.29, 0.717) is 9.69 Å². The summed E-state index contributed by atoms with van der Waals surface area (Å²) in [7, 11) is 0. The number of nitrogens with zero attached hydrogens (tertiary/aromatic N) is 10. The molecule has 0 aliphatic rings. The van der Waals surface area contributed by atoms with Crippen LogP contribution in [0.5, 0.6) is 0 Å². The van der Waals surface area contributed by atoms with Crippen LogP contribution >= 0.6 is 0 Å². The highest BCUT2D eigenvalue weighted by Crippen LogP contribution is 2.08. The van der Waals surface area contributed by atoms with Crippen LogP contribution in [-0.2, 0) is 0 Å². The Balaban J connectivity index is 2.23. The summed E-state index contributed by atoms with van der Waals surface area (Å²) in [5.41, 5.74) is 0. The zero-order chi connectivity index (χ0) is 9.97. The van der Waals surface area contributed by atoms with E-state index in [4.69, 9.17) is 10.4 Å². The van der Waals surface area contributed by atoms with Crippen LogP contribution in [0.3, 0.4) is 0 Å². The number of azo groups is 1. The molecule has 0 aromatic carbocycles. The first kappa shape index (κ1) is 7.96. The van der Waals surface area contributed by atoms with Crippen LogP contribution in [0.1, 0.15) is 0 Å². The van der Waals surface area contributed by atoms with Crippen LogP contribution < -0.4 is 0 Å². The molecular weight excluding hydrogens is 196 g/mol. The predicted octanol–water partition coefficient (Wildman–Crippen LogP) is -1.45. The van der Waals surface area contributed by atoms with Gasteiger partial charge in [-0.3, -0.25) is 0 Å². The Kier molecular flexibility index (Phi) is 1.71. The van der Waals surface area contributed by atoms with E-state index in [9.17, 15) is 0 Å². The molecular formula is C2H2N10O2. The van der Waals surface area contributed by atoms with Gasteiger partial charge in [0.2, 0.25) is 0 Å². The lowest BCUT2D eigenvalue weighted by atomic mass is 11.1. The molecule has 0 amide bonds. The molecule has 2 rings (SSSR count). The number of rotatable bonds is 2. The first-order valence-electron chi connectivity index (χ1n) is 3.14. The molecule has 2 aromatic rings. The van der Waals surface area contributed by atoms with Gasteiger partial charge in [-0.2, -0.15) is 0 Å². The van der Waals surface area contributed by atoms with E-state index in [0.717, 1.165) is 0 Å². The lowest BCUT2D eigenvalue weighted by molar-refractivity contribution is 0.144. The standard InChI is InChI=1S/C2H2N10O2/c13-11-1(5-7-9-11)3-4-2-6-8-10-12(2)14/h13-14H/b4-3+. The Bertz CT molecular complexity index is 412. The molecule has 2 aromatic heterocycles. The molecule has 0 saturated heterocycles. The van der Waals surface area contributed by atoms with Crippen LogP contribution in [0.25, 0.3) is 0 Å². The van der Waals surface area contributed by atoms with Crippen LogP contribution in [-0.4, -0.2) is 51.2 Å². The molecule has 72 valence electrons. The van der Waals surface area contributed by atoms with Gasteiger partial charge in [0.05, 0.1) is 0 Å². The second-order valence-electron chi connectivity index (χ2n) is 1.94. The van der Waals surface area contributed by atoms with Crippen molar-refractivity contribution in [2.75, 3.05) is 0 Å². The van der Waals surface area contributed by atoms with Gasteiger partial charge >= 0.3 is 11.9 Å². The zero-order valence-corrected chi connectivity index (χ0v) is 6.37. The minimum absolute atomic E-state index is 0.270. The van der Waals surface area contributed by atoms with Crippen LogP contribution in [0.2, 0.25) is 0 Å². The third-order valence-corrected chi connectivity index (χ3v) is 1.10. The van der Waals surface area contributed by atoms with E-state index in [1.165, 1.54) is 0 Å². The van der Waals surface area contributed by atoms with Crippen molar-refractivity contribution in [3.05, 3.63) is 0 Å². The lowest BCUT2D eigenvalue weighted by Gasteiger charge is -1.86. The molecule has 0 aliphatic heterocycles. The Morgan fingerprint density at radius 2 is 1.29 bits per heavy atom. The van der Waals surface area contributed by atoms with Gasteiger partial charge in [-0.25, -0.2) is 0 Å². The Hall–Kier alpha value is -2.66. The normalized spacial score (nSPS) is 11.1. The van der Waals surface area contributed by atoms with Crippen LogP contribution in [0.15, 0.2) is 10.2 Å². The highest BCUT2D eigenvalue weighted by Gasteiger charge is 2.04. The maximum atomic E-state index is 8.85. The highest BCUT2D eigenvalue weighted by molar-refractivity contribution is 5.12. The topological polar surface area (TPSA) is 152 Å². The Morgan fingerprint density at radius 3 is 1.57 bits per heavy atom. The summed E-state index contributed by atoms with van der Waals surface area (Å²) in [5, 5.41) is 43.3. The molecule has 0 aliphatic carbocycles. The number of hydrogen-bond donors (Lipinski definition) is 2. The summed E-state index contributed by atoms with van der Waals surface area (Å²) in [5.74, 6) is -0.541. The van der Waals surface area contributed by atoms with Crippen molar-refractivity contribution in [2.45, 2.75) is 0 Å². The molecule has 0 saturated carbocycles. The molecule has 0 fully saturated rings. The van der Waals surface area contributed by atoms with E-state index in [-0.39, 0.29) is 11.9 Å². The van der Waals surface area contributed by atoms with Crippen LogP contribution in [0.4, 0.5) is 11.9 Å². The average Bonchev–Trinajstić information content (AvgIpc) is 2.72. The lowest BCUT2D eigenvalue weighted by Crippen LogP contribution is -1.92. The molecule has 0 radical (unpaired) electrons. The molecule has 0 atom stereocenters. The average molecular weight is 198 g/mol. The van der Waals surface area contributed by atoms with E-state index >= 15 is 0 Å². The van der Waals surface area contributed by atoms with Crippen molar-refractivity contribution >= 4 is 11.9 Å². The van der Waals surface area contributed by atoms with Crippen molar-refractivity contribution in [1.82, 2.24) is 40.7 Å². The minimum atomic E-state index is -0.270. The summed E-state index contributed by atoms with van der Waals surface area (Å²) in [6.45, 7) is 0. The molecule has 0 bridgehead atoms. The van der Waals surface area contributed by atoms with Gasteiger partial charge in [0, 0.05) is 0 Å². The number of hydrogen-bond acceptors (Lipinski definition) is 10. The maximum Gasteiger partial charge on any atom is 0.325 e. The Morgan fingerprint density at radius 1 is 0.857 bits per heavy atom. The Labute approximate surface area is 74.4 Å². The third kappa shape index (κ3) is 1.30. The molecule has 14 heavy (non-hydrogen) atoms. The molecule has 0 spiro atoms. The molecule has 12 heteroatoms. The van der Waals surface area contributed by atoms with Crippen molar-refractivity contribution in [2.24, 2.45) is 10.2 Å². The predicted molar refractivity (Wildman–Crippen MR) is 34.2 cm³/mol. The summed E-state index contributed by atoms with van der Waals surface area (Å²) >= 11 is 0. The van der Waals surface area contributed by atoms with E-state index in [1.54, 1.807) is 0 Å². The fourth-order valence-corrected chi connectivity index (χ4v) is 0.565. The first-order chi connectivity index (χ1) is 6.77. The maximum absolute atomic E-state index is 8.85. The third-order valence-electron chi connectivity index (χ3n) is 1.10. The van der Waals surface area contributed by atoms with E-state index in [1.807, 2.05) is 0 Å². The SMILES string of the molecule is On1nnnc1/N=N/c1nnnn1O. The quantitative estimate of drug-likeness (QED) is 0.438. The second-order valence-corrected chi connectivity index (χ2v) is 1.94. The minimum Gasteiger partial charge on any atom is -0.407 e. The first-order valence-corrected chi connectivity index (χ1v) is 3.14. The van der Waals surface area contributed by atoms with Crippen molar-refractivity contribution in [1.29, 1.82) is 0 Å². The van der Waals surface area contributed by atoms with Crippen molar-refractivity contribution in [3.8, 4) is 0 Å². The number of tetrazole rings is 2. The van der Waals surface area contributed by atoms with Gasteiger partial charge < -0.3 is 10.4 Å². The van der Waals surface area contributed by atoms with Gasteiger partial charge in [-0.1, -0.05) is 10.2 Å². The second kappa shape index (κ2) is 3.00. The fraction of sp³-hybridized carbons (Fsp3) is 0. The molecule has 0 unspecified atom stereocenters. The largest absolute Gasteiger partial charge is 0.407 e. The van der Waals surface area contributed by atoms with E-state index in [2.05, 4.69) is 41.3 Å². The molecule has 2 N–H and O–H groups in total. The van der Waals surface area contributed by atoms with Gasteiger partial charge in [0.1, 0.15) is 0 Å². The summed E-state index contributed by atoms with van der Waals surface area (Å²) < 4.78 is 0. The molecule has 12 nitrogen and oxygen atoms in total. The van der Waals surface area contributed by atoms with Gasteiger partial charge in [0.25, 0.3) is 0 Å². The van der Waals surface area contributed by atoms with Gasteiger partial charge in [-0.05, 0) is 30.5 Å². The summed E-state index contributed by atoms with van der Waals surface area (Å²) in [6.07, 6.45) is 0. The van der Waals surface area contributed by atoms with Crippen molar-refractivity contribution in [3.63, 3.8) is 0 Å². The zero-order valence-electron chi connectivity index (χ0n) is 6.37. The monoisotopic (exact) mass is 198 g/mol. The smallest absolute Gasteiger partial charge is 0.325 e. The van der Waals surface area contributed by atoms with Crippen LogP contribution in [0, 0.1) is 0 Å². The highest BCUT2D eigenvalue weighted by atomic mass is 16.5. The summed E-state index contributed by atoms with van der Waals surface area (Å²) in [4.78, 5) is 0.601. The molecule has 2 heterocycles. The van der Waals surface area contributed by atoms with Crippen molar-refractivity contribution < 1.29 is 10.4 Å². The van der Waals surface area contributed by atoms with Gasteiger partial charge in [0.15, 0.2) is 0 Å². The number of aromatic nitrogens is 8. The fourth-order valence-electron chi connectivity index (χ4n) is 0.565. The van der Waals surface area contributed by atoms with Gasteiger partial charge in [-0.15, -0.1) is 10.2 Å². The summed E-state index contributed by atoms with van der Waals surface area (Å²) in [6, 6.07) is 0. The van der Waals surface area contributed by atoms with E-state index < -0.39 is 0 Å².